The van der Waals surface area contributed by atoms with Gasteiger partial charge in [0.1, 0.15) is 57.9 Å². The van der Waals surface area contributed by atoms with Gasteiger partial charge in [0.2, 0.25) is 0 Å². The molecule has 0 radical (unpaired) electrons. The number of hydrogen-bond donors (Lipinski definition) is 0. The summed E-state index contributed by atoms with van der Waals surface area (Å²) in [6.45, 7) is -9.26. The molecule has 2 rings (SSSR count). The predicted octanol–water partition coefficient (Wildman–Crippen LogP) is 5.88. The second-order valence-electron chi connectivity index (χ2n) is 8.38. The molecule has 0 fully saturated rings. The maximum Gasteiger partial charge on any atom is 0.296 e. The van der Waals surface area contributed by atoms with Crippen LogP contribution in [0.5, 0.6) is 11.5 Å². The highest BCUT2D eigenvalue weighted by atomic mass is 19.3. The number of halogens is 8. The van der Waals surface area contributed by atoms with Crippen LogP contribution >= 0.6 is 0 Å². The van der Waals surface area contributed by atoms with Crippen LogP contribution in [0.3, 0.4) is 0 Å². The molecule has 0 spiro atoms. The Kier molecular flexibility index (Phi) is 11.8. The average molecular weight is 576 g/mol. The Hall–Kier alpha value is -2.68. The third-order valence-electron chi connectivity index (χ3n) is 5.01. The third kappa shape index (κ3) is 11.1. The molecule has 0 heterocycles. The lowest BCUT2D eigenvalue weighted by Gasteiger charge is -2.21. The van der Waals surface area contributed by atoms with Crippen LogP contribution in [0.15, 0.2) is 48.5 Å². The van der Waals surface area contributed by atoms with Crippen molar-refractivity contribution in [1.82, 2.24) is 0 Å². The highest BCUT2D eigenvalue weighted by Crippen LogP contribution is 2.31. The zero-order valence-electron chi connectivity index (χ0n) is 21.0. The molecule has 0 aliphatic carbocycles. The number of methoxy groups -OCH3 is 2. The normalized spacial score (nSPS) is 13.0. The molecule has 0 unspecified atom stereocenters. The van der Waals surface area contributed by atoms with Crippen molar-refractivity contribution in [2.24, 2.45) is 0 Å². The summed E-state index contributed by atoms with van der Waals surface area (Å²) in [6.07, 6.45) is 0. The monoisotopic (exact) mass is 576 g/mol. The Morgan fingerprint density at radius 3 is 1.08 bits per heavy atom. The van der Waals surface area contributed by atoms with E-state index in [4.69, 9.17) is 9.47 Å². The van der Waals surface area contributed by atoms with Crippen LogP contribution in [0.1, 0.15) is 11.1 Å². The van der Waals surface area contributed by atoms with E-state index in [9.17, 15) is 35.1 Å². The van der Waals surface area contributed by atoms with Crippen molar-refractivity contribution in [3.05, 3.63) is 59.7 Å². The van der Waals surface area contributed by atoms with Crippen molar-refractivity contribution in [1.29, 1.82) is 0 Å². The van der Waals surface area contributed by atoms with Gasteiger partial charge in [-0.3, -0.25) is 0 Å². The van der Waals surface area contributed by atoms with E-state index in [2.05, 4.69) is 18.9 Å². The summed E-state index contributed by atoms with van der Waals surface area (Å²) in [5.41, 5.74) is -0.934. The Labute approximate surface area is 219 Å². The van der Waals surface area contributed by atoms with Gasteiger partial charge in [0.05, 0.1) is 14.2 Å². The first-order valence-corrected chi connectivity index (χ1v) is 11.3. The molecule has 0 saturated carbocycles. The summed E-state index contributed by atoms with van der Waals surface area (Å²) < 4.78 is 139. The fraction of sp³-hybridized carbons (Fsp3) is 0.520. The van der Waals surface area contributed by atoms with Crippen LogP contribution in [0.25, 0.3) is 0 Å². The second kappa shape index (κ2) is 14.1. The van der Waals surface area contributed by atoms with E-state index in [-0.39, 0.29) is 0 Å². The predicted molar refractivity (Wildman–Crippen MR) is 122 cm³/mol. The quantitative estimate of drug-likeness (QED) is 0.126. The van der Waals surface area contributed by atoms with Gasteiger partial charge >= 0.3 is 0 Å². The molecule has 6 nitrogen and oxygen atoms in total. The van der Waals surface area contributed by atoms with Crippen molar-refractivity contribution < 1.29 is 63.5 Å². The maximum atomic E-state index is 14.1. The standard InChI is InChI=1S/C25H28F8O6/c1-34-20-7-3-18(4-8-20)24(30,31)15-36-11-22(26,27)13-38-17-39-14-23(28,29)12-37-16-25(32,33)19-5-9-21(35-2)10-6-19/h3-10H,11-17H2,1-2H3. The number of hydrogen-bond acceptors (Lipinski definition) is 6. The van der Waals surface area contributed by atoms with Crippen LogP contribution < -0.4 is 9.47 Å². The molecule has 0 atom stereocenters. The highest BCUT2D eigenvalue weighted by Gasteiger charge is 2.37. The lowest BCUT2D eigenvalue weighted by atomic mass is 10.1. The van der Waals surface area contributed by atoms with Gasteiger partial charge in [-0.05, 0) is 48.5 Å². The number of alkyl halides is 8. The summed E-state index contributed by atoms with van der Waals surface area (Å²) in [5.74, 6) is -13.9. The van der Waals surface area contributed by atoms with Crippen LogP contribution in [0, 0.1) is 0 Å². The molecule has 0 aliphatic rings. The van der Waals surface area contributed by atoms with Gasteiger partial charge in [-0.25, -0.2) is 17.6 Å². The second-order valence-corrected chi connectivity index (χ2v) is 8.38. The Morgan fingerprint density at radius 2 is 0.769 bits per heavy atom. The van der Waals surface area contributed by atoms with Crippen LogP contribution in [-0.4, -0.2) is 72.5 Å². The molecule has 39 heavy (non-hydrogen) atoms. The van der Waals surface area contributed by atoms with Gasteiger partial charge in [-0.15, -0.1) is 0 Å². The fourth-order valence-corrected chi connectivity index (χ4v) is 3.02. The lowest BCUT2D eigenvalue weighted by Crippen LogP contribution is -2.34. The lowest BCUT2D eigenvalue weighted by molar-refractivity contribution is -0.195. The van der Waals surface area contributed by atoms with Gasteiger partial charge < -0.3 is 28.4 Å². The van der Waals surface area contributed by atoms with Crippen LogP contribution in [0.4, 0.5) is 35.1 Å². The zero-order chi connectivity index (χ0) is 29.2. The van der Waals surface area contributed by atoms with E-state index >= 15 is 0 Å². The molecular formula is C25H28F8O6. The molecular weight excluding hydrogens is 548 g/mol. The first-order chi connectivity index (χ1) is 18.2. The Balaban J connectivity index is 1.64. The molecule has 2 aromatic rings. The minimum absolute atomic E-state index is 0.331. The Morgan fingerprint density at radius 1 is 0.462 bits per heavy atom. The van der Waals surface area contributed by atoms with Crippen molar-refractivity contribution in [3.63, 3.8) is 0 Å². The molecule has 220 valence electrons. The molecule has 0 saturated heterocycles. The van der Waals surface area contributed by atoms with E-state index in [0.29, 0.717) is 11.5 Å². The van der Waals surface area contributed by atoms with Crippen molar-refractivity contribution in [2.45, 2.75) is 23.7 Å². The molecule has 0 amide bonds. The van der Waals surface area contributed by atoms with Gasteiger partial charge in [-0.1, -0.05) is 0 Å². The van der Waals surface area contributed by atoms with Gasteiger partial charge in [0.25, 0.3) is 23.7 Å². The molecule has 0 aromatic heterocycles. The summed E-state index contributed by atoms with van der Waals surface area (Å²) in [4.78, 5) is 0. The first-order valence-electron chi connectivity index (χ1n) is 11.3. The van der Waals surface area contributed by atoms with E-state index < -0.39 is 81.3 Å². The number of rotatable bonds is 18. The minimum Gasteiger partial charge on any atom is -0.497 e. The Bertz CT molecular complexity index is 908. The maximum absolute atomic E-state index is 14.1. The van der Waals surface area contributed by atoms with E-state index in [0.717, 1.165) is 24.3 Å². The molecule has 0 bridgehead atoms. The van der Waals surface area contributed by atoms with Crippen molar-refractivity contribution >= 4 is 0 Å². The van der Waals surface area contributed by atoms with Crippen LogP contribution in [-0.2, 0) is 30.8 Å². The molecule has 0 aliphatic heterocycles. The first kappa shape index (κ1) is 32.5. The van der Waals surface area contributed by atoms with E-state index in [1.54, 1.807) is 0 Å². The van der Waals surface area contributed by atoms with Crippen molar-refractivity contribution in [3.8, 4) is 11.5 Å². The third-order valence-corrected chi connectivity index (χ3v) is 5.01. The molecule has 14 heteroatoms. The summed E-state index contributed by atoms with van der Waals surface area (Å²) in [5, 5.41) is 0. The van der Waals surface area contributed by atoms with E-state index in [1.165, 1.54) is 38.5 Å². The molecule has 0 N–H and O–H groups in total. The summed E-state index contributed by atoms with van der Waals surface area (Å²) in [6, 6.07) is 9.36. The minimum atomic E-state index is -3.72. The largest absolute Gasteiger partial charge is 0.497 e. The fourth-order valence-electron chi connectivity index (χ4n) is 3.02. The SMILES string of the molecule is COc1ccc(C(F)(F)COCC(F)(F)COCOCC(F)(F)COCC(F)(F)c2ccc(OC)cc2)cc1. The van der Waals surface area contributed by atoms with Gasteiger partial charge in [0.15, 0.2) is 0 Å². The van der Waals surface area contributed by atoms with Crippen molar-refractivity contribution in [2.75, 3.05) is 60.7 Å². The summed E-state index contributed by atoms with van der Waals surface area (Å²) in [7, 11) is 2.70. The number of benzene rings is 2. The van der Waals surface area contributed by atoms with E-state index in [1.807, 2.05) is 0 Å². The molecule has 2 aromatic carbocycles. The van der Waals surface area contributed by atoms with Gasteiger partial charge in [0, 0.05) is 11.1 Å². The zero-order valence-corrected chi connectivity index (χ0v) is 21.0. The summed E-state index contributed by atoms with van der Waals surface area (Å²) >= 11 is 0. The number of ether oxygens (including phenoxy) is 6. The topological polar surface area (TPSA) is 55.4 Å². The van der Waals surface area contributed by atoms with Gasteiger partial charge in [-0.2, -0.15) is 17.6 Å². The highest BCUT2D eigenvalue weighted by molar-refractivity contribution is 5.30. The van der Waals surface area contributed by atoms with Crippen LogP contribution in [0.2, 0.25) is 0 Å². The smallest absolute Gasteiger partial charge is 0.296 e. The average Bonchev–Trinajstić information content (AvgIpc) is 2.88.